The molecule has 1 aliphatic rings. The first-order valence-electron chi connectivity index (χ1n) is 9.42. The summed E-state index contributed by atoms with van der Waals surface area (Å²) in [7, 11) is -0.891. The van der Waals surface area contributed by atoms with Gasteiger partial charge in [0.1, 0.15) is 0 Å². The summed E-state index contributed by atoms with van der Waals surface area (Å²) >= 11 is 18.0. The molecule has 1 aromatic carbocycles. The summed E-state index contributed by atoms with van der Waals surface area (Å²) in [5, 5.41) is 3.57. The van der Waals surface area contributed by atoms with E-state index in [1.165, 1.54) is 12.1 Å². The molecule has 0 aliphatic carbocycles. The molecular formula is C20H27Cl3NO4Si. The Labute approximate surface area is 189 Å². The van der Waals surface area contributed by atoms with Crippen molar-refractivity contribution in [2.45, 2.75) is 46.8 Å². The molecule has 1 aliphatic heterocycles. The minimum Gasteiger partial charge on any atom is -0.425 e. The van der Waals surface area contributed by atoms with Crippen LogP contribution < -0.4 is 10.1 Å². The summed E-state index contributed by atoms with van der Waals surface area (Å²) < 4.78 is 11.4. The number of carbonyl (C=O) groups is 2. The Balaban J connectivity index is 2.16. The molecule has 0 unspecified atom stereocenters. The maximum absolute atomic E-state index is 12.8. The Kier molecular flexibility index (Phi) is 8.07. The first kappa shape index (κ1) is 24.5. The van der Waals surface area contributed by atoms with Crippen LogP contribution in [0.3, 0.4) is 0 Å². The minimum atomic E-state index is -0.891. The molecule has 1 fully saturated rings. The second-order valence-electron chi connectivity index (χ2n) is 8.66. The molecule has 1 amide bonds. The average Bonchev–Trinajstić information content (AvgIpc) is 2.58. The molecular weight excluding hydrogens is 453 g/mol. The van der Waals surface area contributed by atoms with Crippen LogP contribution in [-0.2, 0) is 14.0 Å². The maximum Gasteiger partial charge on any atom is 0.316 e. The number of rotatable bonds is 7. The standard InChI is InChI=1S/C20H27Cl3NO4Si/c1-10(19(26)28-15-8-13(22)12(21)7-14(15)23)17-16(18(25)24-17)11(20(2,3)4)9-27-29(5)6/h7-8,10-11,16-17H,9H2,1-6H3,(H,24,25)/t10-,11-,16+,17-/m1/s1. The topological polar surface area (TPSA) is 64.6 Å². The van der Waals surface area contributed by atoms with Gasteiger partial charge in [-0.15, -0.1) is 0 Å². The summed E-state index contributed by atoms with van der Waals surface area (Å²) in [5.41, 5.74) is -0.158. The molecule has 1 radical (unpaired) electrons. The van der Waals surface area contributed by atoms with Crippen LogP contribution in [0, 0.1) is 23.2 Å². The summed E-state index contributed by atoms with van der Waals surface area (Å²) in [6.07, 6.45) is 0. The number of halogens is 3. The van der Waals surface area contributed by atoms with Crippen molar-refractivity contribution in [3.8, 4) is 5.75 Å². The summed E-state index contributed by atoms with van der Waals surface area (Å²) in [5.74, 6) is -1.34. The lowest BCUT2D eigenvalue weighted by Crippen LogP contribution is -2.66. The first-order chi connectivity index (χ1) is 13.3. The zero-order chi connectivity index (χ0) is 22.1. The first-order valence-corrected chi connectivity index (χ1v) is 13.0. The van der Waals surface area contributed by atoms with Crippen LogP contribution in [0.1, 0.15) is 27.7 Å². The van der Waals surface area contributed by atoms with Crippen LogP contribution >= 0.6 is 34.8 Å². The third-order valence-corrected chi connectivity index (χ3v) is 6.95. The minimum absolute atomic E-state index is 0.0232. The van der Waals surface area contributed by atoms with Gasteiger partial charge in [-0.1, -0.05) is 55.6 Å². The highest BCUT2D eigenvalue weighted by molar-refractivity contribution is 6.48. The maximum atomic E-state index is 12.8. The van der Waals surface area contributed by atoms with E-state index in [1.54, 1.807) is 6.92 Å². The monoisotopic (exact) mass is 478 g/mol. The summed E-state index contributed by atoms with van der Waals surface area (Å²) in [6.45, 7) is 12.6. The number of benzene rings is 1. The number of β-lactam (4-membered cyclic amide) rings is 1. The third-order valence-electron chi connectivity index (χ3n) is 5.19. The van der Waals surface area contributed by atoms with Crippen LogP contribution in [0.25, 0.3) is 0 Å². The zero-order valence-electron chi connectivity index (χ0n) is 17.4. The van der Waals surface area contributed by atoms with E-state index in [2.05, 4.69) is 39.2 Å². The van der Waals surface area contributed by atoms with Crippen molar-refractivity contribution >= 4 is 55.7 Å². The van der Waals surface area contributed by atoms with E-state index < -0.39 is 20.9 Å². The van der Waals surface area contributed by atoms with Crippen LogP contribution in [0.15, 0.2) is 12.1 Å². The number of nitrogens with one attached hydrogen (secondary N) is 1. The highest BCUT2D eigenvalue weighted by atomic mass is 35.5. The molecule has 4 atom stereocenters. The van der Waals surface area contributed by atoms with E-state index in [1.807, 2.05) is 0 Å². The van der Waals surface area contributed by atoms with E-state index in [9.17, 15) is 9.59 Å². The van der Waals surface area contributed by atoms with E-state index in [0.29, 0.717) is 6.61 Å². The Morgan fingerprint density at radius 3 is 2.28 bits per heavy atom. The van der Waals surface area contributed by atoms with Gasteiger partial charge in [-0.25, -0.2) is 0 Å². The fourth-order valence-electron chi connectivity index (χ4n) is 3.37. The van der Waals surface area contributed by atoms with E-state index in [-0.39, 0.29) is 50.0 Å². The van der Waals surface area contributed by atoms with Crippen molar-refractivity contribution in [3.05, 3.63) is 27.2 Å². The predicted molar refractivity (Wildman–Crippen MR) is 118 cm³/mol. The Bertz CT molecular complexity index is 782. The van der Waals surface area contributed by atoms with Crippen molar-refractivity contribution < 1.29 is 18.8 Å². The molecule has 0 bridgehead atoms. The largest absolute Gasteiger partial charge is 0.425 e. The van der Waals surface area contributed by atoms with Gasteiger partial charge >= 0.3 is 5.97 Å². The molecule has 1 heterocycles. The molecule has 2 rings (SSSR count). The van der Waals surface area contributed by atoms with Gasteiger partial charge in [0.2, 0.25) is 14.9 Å². The number of hydrogen-bond donors (Lipinski definition) is 1. The molecule has 9 heteroatoms. The SMILES string of the molecule is C[C@@H](C(=O)Oc1cc(Cl)c(Cl)cc1Cl)[C@H]1NC(=O)[C@H]1[C@@H](CO[Si](C)C)C(C)(C)C. The van der Waals surface area contributed by atoms with Gasteiger partial charge in [0.05, 0.1) is 32.9 Å². The fraction of sp³-hybridized carbons (Fsp3) is 0.600. The molecule has 1 aromatic rings. The van der Waals surface area contributed by atoms with Gasteiger partial charge in [-0.2, -0.15) is 0 Å². The number of carbonyl (C=O) groups excluding carboxylic acids is 2. The zero-order valence-corrected chi connectivity index (χ0v) is 20.7. The Morgan fingerprint density at radius 1 is 1.17 bits per heavy atom. The number of amides is 1. The van der Waals surface area contributed by atoms with E-state index in [0.717, 1.165) is 0 Å². The second kappa shape index (κ2) is 9.56. The quantitative estimate of drug-likeness (QED) is 0.191. The smallest absolute Gasteiger partial charge is 0.316 e. The Morgan fingerprint density at radius 2 is 1.76 bits per heavy atom. The molecule has 0 saturated carbocycles. The van der Waals surface area contributed by atoms with Gasteiger partial charge < -0.3 is 14.5 Å². The van der Waals surface area contributed by atoms with Gasteiger partial charge in [0, 0.05) is 12.7 Å². The van der Waals surface area contributed by atoms with E-state index >= 15 is 0 Å². The van der Waals surface area contributed by atoms with Crippen molar-refractivity contribution in [1.82, 2.24) is 5.32 Å². The molecule has 29 heavy (non-hydrogen) atoms. The van der Waals surface area contributed by atoms with Crippen molar-refractivity contribution in [1.29, 1.82) is 0 Å². The molecule has 1 saturated heterocycles. The number of ether oxygens (including phenoxy) is 1. The van der Waals surface area contributed by atoms with Crippen LogP contribution in [0.2, 0.25) is 28.2 Å². The van der Waals surface area contributed by atoms with Crippen molar-refractivity contribution in [2.24, 2.45) is 23.2 Å². The van der Waals surface area contributed by atoms with Crippen molar-refractivity contribution in [2.75, 3.05) is 6.61 Å². The van der Waals surface area contributed by atoms with Crippen LogP contribution in [-0.4, -0.2) is 33.6 Å². The van der Waals surface area contributed by atoms with Crippen LogP contribution in [0.4, 0.5) is 0 Å². The molecule has 161 valence electrons. The molecule has 1 N–H and O–H groups in total. The van der Waals surface area contributed by atoms with Gasteiger partial charge in [0.25, 0.3) is 0 Å². The molecule has 0 aromatic heterocycles. The lowest BCUT2D eigenvalue weighted by molar-refractivity contribution is -0.151. The predicted octanol–water partition coefficient (Wildman–Crippen LogP) is 5.23. The lowest BCUT2D eigenvalue weighted by atomic mass is 9.65. The van der Waals surface area contributed by atoms with Crippen LogP contribution in [0.5, 0.6) is 5.75 Å². The van der Waals surface area contributed by atoms with Gasteiger partial charge in [0.15, 0.2) is 5.75 Å². The fourth-order valence-corrected chi connectivity index (χ4v) is 4.45. The summed E-state index contributed by atoms with van der Waals surface area (Å²) in [6, 6.07) is 2.49. The summed E-state index contributed by atoms with van der Waals surface area (Å²) in [4.78, 5) is 25.2. The molecule has 5 nitrogen and oxygen atoms in total. The number of hydrogen-bond acceptors (Lipinski definition) is 4. The van der Waals surface area contributed by atoms with Gasteiger partial charge in [-0.3, -0.25) is 9.59 Å². The van der Waals surface area contributed by atoms with Crippen molar-refractivity contribution in [3.63, 3.8) is 0 Å². The highest BCUT2D eigenvalue weighted by Crippen LogP contribution is 2.41. The lowest BCUT2D eigenvalue weighted by Gasteiger charge is -2.48. The molecule has 0 spiro atoms. The van der Waals surface area contributed by atoms with Gasteiger partial charge in [-0.05, 0) is 37.4 Å². The number of esters is 1. The second-order valence-corrected chi connectivity index (χ2v) is 12.0. The third kappa shape index (κ3) is 5.88. The highest BCUT2D eigenvalue weighted by Gasteiger charge is 2.52. The van der Waals surface area contributed by atoms with E-state index in [4.69, 9.17) is 44.0 Å². The average molecular weight is 480 g/mol. The normalized spacial score (nSPS) is 21.4. The Hall–Kier alpha value is -0.793.